The maximum Gasteiger partial charge on any atom is 0.252 e. The molecule has 0 saturated heterocycles. The van der Waals surface area contributed by atoms with Crippen LogP contribution in [0.4, 0.5) is 0 Å². The van der Waals surface area contributed by atoms with Gasteiger partial charge in [0, 0.05) is 12.0 Å². The van der Waals surface area contributed by atoms with E-state index in [1.165, 1.54) is 0 Å². The average molecular weight is 417 g/mol. The molecule has 2 heterocycles. The molecule has 0 aromatic heterocycles. The van der Waals surface area contributed by atoms with Crippen LogP contribution in [0.5, 0.6) is 11.5 Å². The zero-order chi connectivity index (χ0) is 21.7. The minimum atomic E-state index is -0.827. The van der Waals surface area contributed by atoms with Gasteiger partial charge in [-0.1, -0.05) is 18.2 Å². The van der Waals surface area contributed by atoms with E-state index in [0.29, 0.717) is 43.1 Å². The lowest BCUT2D eigenvalue weighted by atomic mass is 10.0. The Kier molecular flexibility index (Phi) is 5.89. The zero-order valence-corrected chi connectivity index (χ0v) is 17.0. The van der Waals surface area contributed by atoms with Crippen molar-refractivity contribution in [3.8, 4) is 17.6 Å². The Morgan fingerprint density at radius 1 is 1.06 bits per heavy atom. The first-order valence-electron chi connectivity index (χ1n) is 10.2. The molecule has 4 bridgehead atoms. The predicted octanol–water partition coefficient (Wildman–Crippen LogP) is 2.53. The number of hydrogen-bond donors (Lipinski definition) is 2. The topological polar surface area (TPSA) is 100 Å². The van der Waals surface area contributed by atoms with Crippen molar-refractivity contribution in [2.45, 2.75) is 30.8 Å². The molecular weight excluding hydrogens is 394 g/mol. The highest BCUT2D eigenvalue weighted by atomic mass is 16.5. The summed E-state index contributed by atoms with van der Waals surface area (Å²) >= 11 is 0. The Morgan fingerprint density at radius 2 is 1.77 bits per heavy atom. The molecule has 31 heavy (non-hydrogen) atoms. The van der Waals surface area contributed by atoms with Crippen LogP contribution in [0, 0.1) is 11.3 Å². The standard InChI is InChI=1S/C24H23N3O4/c25-16-24(10-11-24)27-23(29)21-14-17-6-8-19(9-7-17)30-12-1-2-13-31-20-5-3-4-18(15-20)22(28)26-21/h1-9,15,21H,10-14H2,(H,26,28)(H,27,29). The normalized spacial score (nSPS) is 19.7. The number of nitriles is 1. The van der Waals surface area contributed by atoms with Crippen molar-refractivity contribution < 1.29 is 19.1 Å². The first kappa shape index (κ1) is 20.5. The van der Waals surface area contributed by atoms with Gasteiger partial charge >= 0.3 is 0 Å². The summed E-state index contributed by atoms with van der Waals surface area (Å²) in [6.45, 7) is 0.749. The van der Waals surface area contributed by atoms with Crippen LogP contribution in [0.25, 0.3) is 0 Å². The van der Waals surface area contributed by atoms with Crippen LogP contribution in [-0.4, -0.2) is 36.6 Å². The van der Waals surface area contributed by atoms with Gasteiger partial charge in [-0.2, -0.15) is 5.26 Å². The van der Waals surface area contributed by atoms with E-state index in [4.69, 9.17) is 9.47 Å². The fraction of sp³-hybridized carbons (Fsp3) is 0.292. The second kappa shape index (κ2) is 8.92. The van der Waals surface area contributed by atoms with E-state index < -0.39 is 11.6 Å². The highest BCUT2D eigenvalue weighted by Gasteiger charge is 2.45. The maximum absolute atomic E-state index is 12.9. The van der Waals surface area contributed by atoms with Gasteiger partial charge in [0.15, 0.2) is 0 Å². The van der Waals surface area contributed by atoms with Gasteiger partial charge < -0.3 is 20.1 Å². The van der Waals surface area contributed by atoms with Gasteiger partial charge in [-0.3, -0.25) is 9.59 Å². The molecule has 2 aromatic rings. The Labute approximate surface area is 180 Å². The largest absolute Gasteiger partial charge is 0.490 e. The number of ether oxygens (including phenoxy) is 2. The second-order valence-electron chi connectivity index (χ2n) is 7.68. The molecule has 0 spiro atoms. The number of nitrogens with zero attached hydrogens (tertiary/aromatic N) is 1. The van der Waals surface area contributed by atoms with E-state index in [-0.39, 0.29) is 18.2 Å². The molecule has 1 saturated carbocycles. The highest BCUT2D eigenvalue weighted by molar-refractivity contribution is 5.98. The minimum Gasteiger partial charge on any atom is -0.490 e. The molecule has 0 radical (unpaired) electrons. The lowest BCUT2D eigenvalue weighted by molar-refractivity contribution is -0.123. The molecule has 3 aliphatic rings. The van der Waals surface area contributed by atoms with Gasteiger partial charge in [0.2, 0.25) is 5.91 Å². The van der Waals surface area contributed by atoms with Crippen molar-refractivity contribution in [1.82, 2.24) is 10.6 Å². The summed E-state index contributed by atoms with van der Waals surface area (Å²) in [5.41, 5.74) is 0.448. The second-order valence-corrected chi connectivity index (χ2v) is 7.68. The van der Waals surface area contributed by atoms with Crippen molar-refractivity contribution in [2.75, 3.05) is 13.2 Å². The molecule has 1 fully saturated rings. The van der Waals surface area contributed by atoms with Crippen LogP contribution in [0.2, 0.25) is 0 Å². The lowest BCUT2D eigenvalue weighted by Crippen LogP contribution is -2.51. The molecule has 7 heteroatoms. The van der Waals surface area contributed by atoms with Crippen molar-refractivity contribution in [1.29, 1.82) is 5.26 Å². The van der Waals surface area contributed by atoms with Crippen molar-refractivity contribution >= 4 is 11.8 Å². The van der Waals surface area contributed by atoms with E-state index in [1.54, 1.807) is 24.3 Å². The summed E-state index contributed by atoms with van der Waals surface area (Å²) in [6.07, 6.45) is 5.24. The van der Waals surface area contributed by atoms with Crippen molar-refractivity contribution in [3.05, 3.63) is 71.8 Å². The van der Waals surface area contributed by atoms with E-state index in [1.807, 2.05) is 36.4 Å². The molecular formula is C24H23N3O4. The monoisotopic (exact) mass is 417 g/mol. The molecule has 7 nitrogen and oxygen atoms in total. The van der Waals surface area contributed by atoms with Gasteiger partial charge in [-0.15, -0.1) is 0 Å². The van der Waals surface area contributed by atoms with Gasteiger partial charge in [-0.05, 0) is 60.9 Å². The summed E-state index contributed by atoms with van der Waals surface area (Å²) in [6, 6.07) is 15.5. The number of benzene rings is 2. The van der Waals surface area contributed by atoms with Crippen LogP contribution in [0.1, 0.15) is 28.8 Å². The minimum absolute atomic E-state index is 0.287. The number of rotatable bonds is 2. The van der Waals surface area contributed by atoms with Crippen LogP contribution in [-0.2, 0) is 11.2 Å². The average Bonchev–Trinajstić information content (AvgIpc) is 3.56. The highest BCUT2D eigenvalue weighted by Crippen LogP contribution is 2.34. The van der Waals surface area contributed by atoms with Gasteiger partial charge in [0.25, 0.3) is 5.91 Å². The van der Waals surface area contributed by atoms with Gasteiger partial charge in [0.1, 0.15) is 36.3 Å². The Balaban J connectivity index is 1.60. The fourth-order valence-corrected chi connectivity index (χ4v) is 3.27. The first-order valence-corrected chi connectivity index (χ1v) is 10.2. The van der Waals surface area contributed by atoms with Gasteiger partial charge in [-0.25, -0.2) is 0 Å². The summed E-state index contributed by atoms with van der Waals surface area (Å²) in [4.78, 5) is 25.8. The van der Waals surface area contributed by atoms with Crippen LogP contribution in [0.15, 0.2) is 60.7 Å². The van der Waals surface area contributed by atoms with E-state index in [0.717, 1.165) is 5.56 Å². The van der Waals surface area contributed by atoms with E-state index in [9.17, 15) is 14.9 Å². The molecule has 1 unspecified atom stereocenters. The Hall–Kier alpha value is -3.79. The number of fused-ring (bicyclic) bond motifs is 9. The SMILES string of the molecule is N#CC1(NC(=O)C2Cc3ccc(cc3)OCC=CCOc3cccc(c3)C(=O)N2)CC1. The molecule has 2 aromatic carbocycles. The van der Waals surface area contributed by atoms with Crippen molar-refractivity contribution in [2.24, 2.45) is 0 Å². The molecule has 1 aliphatic carbocycles. The lowest BCUT2D eigenvalue weighted by Gasteiger charge is -2.20. The van der Waals surface area contributed by atoms with Crippen LogP contribution >= 0.6 is 0 Å². The number of hydrogen-bond acceptors (Lipinski definition) is 5. The molecule has 1 atom stereocenters. The summed E-state index contributed by atoms with van der Waals surface area (Å²) in [7, 11) is 0. The fourth-order valence-electron chi connectivity index (χ4n) is 3.27. The molecule has 2 aliphatic heterocycles. The van der Waals surface area contributed by atoms with Crippen LogP contribution < -0.4 is 20.1 Å². The first-order chi connectivity index (χ1) is 15.1. The number of carbonyl (C=O) groups is 2. The predicted molar refractivity (Wildman–Crippen MR) is 114 cm³/mol. The summed E-state index contributed by atoms with van der Waals surface area (Å²) < 4.78 is 11.3. The maximum atomic E-state index is 12.9. The van der Waals surface area contributed by atoms with E-state index >= 15 is 0 Å². The summed E-state index contributed by atoms with van der Waals surface area (Å²) in [5, 5.41) is 14.9. The third-order valence-corrected chi connectivity index (χ3v) is 5.27. The Bertz CT molecular complexity index is 1040. The Morgan fingerprint density at radius 3 is 2.45 bits per heavy atom. The third-order valence-electron chi connectivity index (χ3n) is 5.27. The smallest absolute Gasteiger partial charge is 0.252 e. The number of nitrogens with one attached hydrogen (secondary N) is 2. The summed E-state index contributed by atoms with van der Waals surface area (Å²) in [5.74, 6) is 0.503. The quantitative estimate of drug-likeness (QED) is 0.732. The number of carbonyl (C=O) groups excluding carboxylic acids is 2. The number of amides is 2. The third kappa shape index (κ3) is 5.23. The van der Waals surface area contributed by atoms with Crippen molar-refractivity contribution in [3.63, 3.8) is 0 Å². The molecule has 158 valence electrons. The zero-order valence-electron chi connectivity index (χ0n) is 17.0. The molecule has 2 N–H and O–H groups in total. The van der Waals surface area contributed by atoms with Crippen LogP contribution in [0.3, 0.4) is 0 Å². The van der Waals surface area contributed by atoms with Gasteiger partial charge in [0.05, 0.1) is 6.07 Å². The molecule has 5 rings (SSSR count). The molecule has 2 amide bonds. The van der Waals surface area contributed by atoms with E-state index in [2.05, 4.69) is 16.7 Å².